The summed E-state index contributed by atoms with van der Waals surface area (Å²) < 4.78 is 5.51. The predicted molar refractivity (Wildman–Crippen MR) is 138 cm³/mol. The van der Waals surface area contributed by atoms with Crippen molar-refractivity contribution in [3.63, 3.8) is 0 Å². The van der Waals surface area contributed by atoms with Gasteiger partial charge in [0.2, 0.25) is 5.91 Å². The zero-order valence-corrected chi connectivity index (χ0v) is 21.4. The third-order valence-corrected chi connectivity index (χ3v) is 6.95. The van der Waals surface area contributed by atoms with E-state index in [1.807, 2.05) is 32.9 Å². The van der Waals surface area contributed by atoms with Crippen molar-refractivity contribution in [3.8, 4) is 0 Å². The number of carbonyl (C=O) groups is 2. The Bertz CT molecular complexity index is 966. The molecule has 6 nitrogen and oxygen atoms in total. The molecule has 188 valence electrons. The van der Waals surface area contributed by atoms with Gasteiger partial charge in [0.1, 0.15) is 5.60 Å². The zero-order valence-electron chi connectivity index (χ0n) is 21.4. The number of amides is 2. The van der Waals surface area contributed by atoms with E-state index >= 15 is 0 Å². The van der Waals surface area contributed by atoms with Crippen LogP contribution in [0.5, 0.6) is 0 Å². The summed E-state index contributed by atoms with van der Waals surface area (Å²) in [6.07, 6.45) is 1.98. The number of carbonyl (C=O) groups excluding carboxylic acids is 2. The molecule has 2 aliphatic rings. The van der Waals surface area contributed by atoms with Gasteiger partial charge in [-0.2, -0.15) is 0 Å². The molecule has 6 heteroatoms. The van der Waals surface area contributed by atoms with Crippen LogP contribution in [0.4, 0.5) is 4.79 Å². The largest absolute Gasteiger partial charge is 0.444 e. The number of benzene rings is 2. The Morgan fingerprint density at radius 3 is 2.14 bits per heavy atom. The number of rotatable bonds is 5. The molecule has 0 saturated carbocycles. The number of piperidine rings is 1. The van der Waals surface area contributed by atoms with Crippen molar-refractivity contribution < 1.29 is 14.3 Å². The topological polar surface area (TPSA) is 53.1 Å². The molecule has 2 amide bonds. The highest BCUT2D eigenvalue weighted by molar-refractivity contribution is 5.77. The lowest BCUT2D eigenvalue weighted by atomic mass is 9.92. The summed E-state index contributed by atoms with van der Waals surface area (Å²) in [6, 6.07) is 21.0. The van der Waals surface area contributed by atoms with E-state index in [1.54, 1.807) is 4.90 Å². The van der Waals surface area contributed by atoms with Crippen molar-refractivity contribution in [1.82, 2.24) is 14.7 Å². The van der Waals surface area contributed by atoms with E-state index in [4.69, 9.17) is 4.74 Å². The van der Waals surface area contributed by atoms with E-state index in [0.29, 0.717) is 25.4 Å². The Labute approximate surface area is 209 Å². The summed E-state index contributed by atoms with van der Waals surface area (Å²) in [5.41, 5.74) is 2.01. The van der Waals surface area contributed by atoms with Crippen LogP contribution in [-0.2, 0) is 16.1 Å². The second-order valence-corrected chi connectivity index (χ2v) is 10.8. The normalized spacial score (nSPS) is 20.0. The van der Waals surface area contributed by atoms with E-state index in [-0.39, 0.29) is 18.0 Å². The van der Waals surface area contributed by atoms with Crippen LogP contribution in [0.1, 0.15) is 57.2 Å². The molecule has 0 N–H and O–H groups in total. The summed E-state index contributed by atoms with van der Waals surface area (Å²) in [6.45, 7) is 10.3. The van der Waals surface area contributed by atoms with E-state index in [0.717, 1.165) is 39.0 Å². The van der Waals surface area contributed by atoms with Gasteiger partial charge >= 0.3 is 6.09 Å². The maximum Gasteiger partial charge on any atom is 0.410 e. The van der Waals surface area contributed by atoms with Gasteiger partial charge in [-0.3, -0.25) is 9.69 Å². The van der Waals surface area contributed by atoms with Gasteiger partial charge in [-0.15, -0.1) is 0 Å². The van der Waals surface area contributed by atoms with Crippen LogP contribution in [0, 0.1) is 5.92 Å². The fourth-order valence-electron chi connectivity index (χ4n) is 5.09. The lowest BCUT2D eigenvalue weighted by molar-refractivity contribution is -0.138. The lowest BCUT2D eigenvalue weighted by Crippen LogP contribution is -2.51. The zero-order chi connectivity index (χ0) is 24.8. The lowest BCUT2D eigenvalue weighted by Gasteiger charge is -2.42. The average molecular weight is 478 g/mol. The smallest absolute Gasteiger partial charge is 0.410 e. The quantitative estimate of drug-likeness (QED) is 0.601. The maximum atomic E-state index is 13.5. The number of ether oxygens (including phenoxy) is 1. The Morgan fingerprint density at radius 2 is 1.51 bits per heavy atom. The van der Waals surface area contributed by atoms with Gasteiger partial charge in [0.25, 0.3) is 0 Å². The average Bonchev–Trinajstić information content (AvgIpc) is 2.84. The van der Waals surface area contributed by atoms with Gasteiger partial charge in [0.15, 0.2) is 0 Å². The highest BCUT2D eigenvalue weighted by Crippen LogP contribution is 2.30. The van der Waals surface area contributed by atoms with E-state index in [9.17, 15) is 9.59 Å². The Hall–Kier alpha value is -2.86. The molecular weight excluding hydrogens is 438 g/mol. The summed E-state index contributed by atoms with van der Waals surface area (Å²) in [7, 11) is 0. The highest BCUT2D eigenvalue weighted by Gasteiger charge is 2.34. The van der Waals surface area contributed by atoms with Crippen molar-refractivity contribution in [2.24, 2.45) is 5.92 Å². The Morgan fingerprint density at radius 1 is 0.886 bits per heavy atom. The first-order chi connectivity index (χ1) is 16.8. The number of piperazine rings is 1. The summed E-state index contributed by atoms with van der Waals surface area (Å²) in [5.74, 6) is 0.536. The second-order valence-electron chi connectivity index (χ2n) is 10.8. The van der Waals surface area contributed by atoms with Crippen LogP contribution < -0.4 is 0 Å². The summed E-state index contributed by atoms with van der Waals surface area (Å²) in [5, 5.41) is 0. The molecule has 2 saturated heterocycles. The van der Waals surface area contributed by atoms with Crippen LogP contribution in [-0.4, -0.2) is 65.0 Å². The molecule has 2 aromatic carbocycles. The molecule has 0 aromatic heterocycles. The molecule has 2 heterocycles. The van der Waals surface area contributed by atoms with Gasteiger partial charge in [-0.25, -0.2) is 4.79 Å². The summed E-state index contributed by atoms with van der Waals surface area (Å²) in [4.78, 5) is 32.2. The third kappa shape index (κ3) is 7.07. The maximum absolute atomic E-state index is 13.5. The molecule has 35 heavy (non-hydrogen) atoms. The second kappa shape index (κ2) is 11.3. The van der Waals surface area contributed by atoms with Crippen molar-refractivity contribution in [1.29, 1.82) is 0 Å². The third-order valence-electron chi connectivity index (χ3n) is 6.95. The molecule has 2 aromatic rings. The molecule has 4 rings (SSSR count). The number of hydrogen-bond donors (Lipinski definition) is 0. The fourth-order valence-corrected chi connectivity index (χ4v) is 5.09. The molecule has 0 spiro atoms. The molecule has 2 aliphatic heterocycles. The molecule has 0 bridgehead atoms. The van der Waals surface area contributed by atoms with Crippen LogP contribution in [0.15, 0.2) is 60.7 Å². The number of likely N-dealkylation sites (tertiary alicyclic amines) is 1. The van der Waals surface area contributed by atoms with Gasteiger partial charge in [0.05, 0.1) is 6.04 Å². The highest BCUT2D eigenvalue weighted by atomic mass is 16.6. The van der Waals surface area contributed by atoms with Gasteiger partial charge < -0.3 is 14.5 Å². The Balaban J connectivity index is 1.36. The van der Waals surface area contributed by atoms with Crippen molar-refractivity contribution in [2.45, 2.75) is 58.2 Å². The standard InChI is InChI=1S/C29H39N3O3/c1-29(2,3)35-28(34)31-16-14-23(15-17-31)20-27(33)32-19-18-30(21-24-10-6-4-7-11-24)22-26(32)25-12-8-5-9-13-25/h4-13,23,26H,14-22H2,1-3H3/t26-/m1/s1. The Kier molecular flexibility index (Phi) is 8.11. The molecular formula is C29H39N3O3. The number of hydrogen-bond acceptors (Lipinski definition) is 4. The van der Waals surface area contributed by atoms with Gasteiger partial charge in [-0.05, 0) is 50.7 Å². The number of nitrogens with zero attached hydrogens (tertiary/aromatic N) is 3. The van der Waals surface area contributed by atoms with E-state index in [2.05, 4.69) is 58.3 Å². The minimum atomic E-state index is -0.487. The minimum Gasteiger partial charge on any atom is -0.444 e. The molecule has 2 fully saturated rings. The van der Waals surface area contributed by atoms with Crippen molar-refractivity contribution in [3.05, 3.63) is 71.8 Å². The summed E-state index contributed by atoms with van der Waals surface area (Å²) >= 11 is 0. The molecule has 0 radical (unpaired) electrons. The monoisotopic (exact) mass is 477 g/mol. The van der Waals surface area contributed by atoms with Gasteiger partial charge in [-0.1, -0.05) is 60.7 Å². The van der Waals surface area contributed by atoms with E-state index < -0.39 is 5.60 Å². The fraction of sp³-hybridized carbons (Fsp3) is 0.517. The van der Waals surface area contributed by atoms with Crippen LogP contribution >= 0.6 is 0 Å². The SMILES string of the molecule is CC(C)(C)OC(=O)N1CCC(CC(=O)N2CCN(Cc3ccccc3)C[C@@H]2c2ccccc2)CC1. The van der Waals surface area contributed by atoms with E-state index in [1.165, 1.54) is 11.1 Å². The predicted octanol–water partition coefficient (Wildman–Crippen LogP) is 5.11. The van der Waals surface area contributed by atoms with Crippen LogP contribution in [0.2, 0.25) is 0 Å². The van der Waals surface area contributed by atoms with Crippen molar-refractivity contribution >= 4 is 12.0 Å². The van der Waals surface area contributed by atoms with Crippen molar-refractivity contribution in [2.75, 3.05) is 32.7 Å². The first kappa shape index (κ1) is 25.2. The first-order valence-electron chi connectivity index (χ1n) is 12.9. The van der Waals surface area contributed by atoms with Gasteiger partial charge in [0, 0.05) is 45.7 Å². The molecule has 1 atom stereocenters. The van der Waals surface area contributed by atoms with Crippen LogP contribution in [0.25, 0.3) is 0 Å². The first-order valence-corrected chi connectivity index (χ1v) is 12.9. The van der Waals surface area contributed by atoms with Crippen LogP contribution in [0.3, 0.4) is 0 Å². The minimum absolute atomic E-state index is 0.0583. The molecule has 0 unspecified atom stereocenters. The molecule has 0 aliphatic carbocycles.